The van der Waals surface area contributed by atoms with E-state index in [-0.39, 0.29) is 30.7 Å². The number of carbonyl (C=O) groups excluding carboxylic acids is 3. The van der Waals surface area contributed by atoms with E-state index >= 15 is 0 Å². The quantitative estimate of drug-likeness (QED) is 0.204. The van der Waals surface area contributed by atoms with Crippen molar-refractivity contribution in [2.24, 2.45) is 5.73 Å². The van der Waals surface area contributed by atoms with Gasteiger partial charge in [-0.1, -0.05) is 12.1 Å². The van der Waals surface area contributed by atoms with Gasteiger partial charge in [0, 0.05) is 24.7 Å². The Balaban J connectivity index is 1.97. The molecule has 8 nitrogen and oxygen atoms in total. The Morgan fingerprint density at radius 3 is 2.19 bits per heavy atom. The molecule has 2 rings (SSSR count). The van der Waals surface area contributed by atoms with Crippen LogP contribution in [0.4, 0.5) is 0 Å². The summed E-state index contributed by atoms with van der Waals surface area (Å²) in [7, 11) is 1.63. The molecule has 2 aromatic carbocycles. The van der Waals surface area contributed by atoms with E-state index in [0.29, 0.717) is 29.1 Å². The number of nitrogen functional groups attached to an aromatic ring is 1. The van der Waals surface area contributed by atoms with E-state index in [4.69, 9.17) is 20.6 Å². The Hall–Kier alpha value is -3.94. The summed E-state index contributed by atoms with van der Waals surface area (Å²) in [5.74, 6) is -0.790. The van der Waals surface area contributed by atoms with Crippen molar-refractivity contribution >= 4 is 29.8 Å². The highest BCUT2D eigenvalue weighted by Crippen LogP contribution is 2.16. The van der Waals surface area contributed by atoms with E-state index in [1.807, 2.05) is 0 Å². The van der Waals surface area contributed by atoms with Crippen molar-refractivity contribution in [1.82, 2.24) is 4.90 Å². The van der Waals surface area contributed by atoms with Crippen LogP contribution in [-0.2, 0) is 14.3 Å². The van der Waals surface area contributed by atoms with Gasteiger partial charge in [0.1, 0.15) is 11.6 Å². The van der Waals surface area contributed by atoms with Crippen LogP contribution in [0.3, 0.4) is 0 Å². The van der Waals surface area contributed by atoms with Gasteiger partial charge in [-0.05, 0) is 61.9 Å². The van der Waals surface area contributed by atoms with Gasteiger partial charge in [-0.15, -0.1) is 0 Å². The molecule has 0 saturated heterocycles. The molecule has 0 aliphatic rings. The van der Waals surface area contributed by atoms with Crippen molar-refractivity contribution < 1.29 is 23.9 Å². The van der Waals surface area contributed by atoms with Gasteiger partial charge in [0.25, 0.3) is 0 Å². The molecule has 0 aliphatic carbocycles. The predicted molar refractivity (Wildman–Crippen MR) is 121 cm³/mol. The number of ether oxygens (including phenoxy) is 2. The lowest BCUT2D eigenvalue weighted by molar-refractivity contribution is -0.143. The fourth-order valence-corrected chi connectivity index (χ4v) is 2.79. The summed E-state index contributed by atoms with van der Waals surface area (Å²) in [6.07, 6.45) is 1.84. The molecule has 0 spiro atoms. The largest absolute Gasteiger partial charge is 0.466 e. The van der Waals surface area contributed by atoms with Crippen LogP contribution in [0.2, 0.25) is 0 Å². The fraction of sp³-hybridized carbons (Fsp3) is 0.250. The van der Waals surface area contributed by atoms with Gasteiger partial charge in [-0.3, -0.25) is 15.0 Å². The smallest absolute Gasteiger partial charge is 0.343 e. The lowest BCUT2D eigenvalue weighted by Gasteiger charge is -2.17. The number of nitrogens with zero attached hydrogens (tertiary/aromatic N) is 1. The molecule has 32 heavy (non-hydrogen) atoms. The molecule has 0 radical (unpaired) electrons. The second kappa shape index (κ2) is 11.5. The number of hydrogen-bond donors (Lipinski definition) is 2. The summed E-state index contributed by atoms with van der Waals surface area (Å²) in [4.78, 5) is 37.7. The Labute approximate surface area is 187 Å². The molecule has 0 saturated carbocycles. The fourth-order valence-electron chi connectivity index (χ4n) is 2.79. The zero-order valence-electron chi connectivity index (χ0n) is 18.4. The second-order valence-corrected chi connectivity index (χ2v) is 7.06. The zero-order valence-corrected chi connectivity index (χ0v) is 18.4. The average molecular weight is 437 g/mol. The number of esters is 2. The Bertz CT molecular complexity index is 1010. The lowest BCUT2D eigenvalue weighted by Crippen LogP contribution is -2.29. The van der Waals surface area contributed by atoms with Crippen LogP contribution in [0.5, 0.6) is 5.75 Å². The number of rotatable bonds is 9. The summed E-state index contributed by atoms with van der Waals surface area (Å²) in [6.45, 7) is 4.00. The standard InChI is InChI=1S/C24H27N3O5/c1-4-31-21(28)13-14-27(3)23(29)16(2)15-17-5-7-19(8-6-17)24(30)32-20-11-9-18(10-12-20)22(25)26/h5-12,15H,4,13-14H2,1-3H3,(H3,25,26)/b16-15+. The van der Waals surface area contributed by atoms with Crippen molar-refractivity contribution in [3.63, 3.8) is 0 Å². The lowest BCUT2D eigenvalue weighted by atomic mass is 10.1. The van der Waals surface area contributed by atoms with E-state index in [1.54, 1.807) is 75.5 Å². The molecule has 1 amide bonds. The third-order valence-corrected chi connectivity index (χ3v) is 4.55. The highest BCUT2D eigenvalue weighted by Gasteiger charge is 2.13. The number of carbonyl (C=O) groups is 3. The summed E-state index contributed by atoms with van der Waals surface area (Å²) in [6, 6.07) is 13.0. The third kappa shape index (κ3) is 7.09. The van der Waals surface area contributed by atoms with Crippen LogP contribution >= 0.6 is 0 Å². The third-order valence-electron chi connectivity index (χ3n) is 4.55. The Morgan fingerprint density at radius 1 is 1.03 bits per heavy atom. The minimum atomic E-state index is -0.525. The van der Waals surface area contributed by atoms with Gasteiger partial charge in [-0.25, -0.2) is 4.79 Å². The van der Waals surface area contributed by atoms with Crippen LogP contribution in [-0.4, -0.2) is 48.8 Å². The first-order valence-corrected chi connectivity index (χ1v) is 10.1. The summed E-state index contributed by atoms with van der Waals surface area (Å²) in [5.41, 5.74) is 7.55. The van der Waals surface area contributed by atoms with Crippen molar-refractivity contribution in [2.75, 3.05) is 20.2 Å². The Morgan fingerprint density at radius 2 is 1.62 bits per heavy atom. The van der Waals surface area contributed by atoms with Gasteiger partial charge in [-0.2, -0.15) is 0 Å². The minimum Gasteiger partial charge on any atom is -0.466 e. The molecule has 0 heterocycles. The van der Waals surface area contributed by atoms with Gasteiger partial charge in [0.05, 0.1) is 18.6 Å². The predicted octanol–water partition coefficient (Wildman–Crippen LogP) is 3.00. The Kier molecular flexibility index (Phi) is 8.71. The molecular formula is C24H27N3O5. The molecule has 0 aromatic heterocycles. The molecule has 0 bridgehead atoms. The van der Waals surface area contributed by atoms with Crippen LogP contribution < -0.4 is 10.5 Å². The molecule has 3 N–H and O–H groups in total. The van der Waals surface area contributed by atoms with E-state index in [1.165, 1.54) is 4.90 Å². The number of amides is 1. The number of likely N-dealkylation sites (N-methyl/N-ethyl adjacent to an activating group) is 1. The van der Waals surface area contributed by atoms with Crippen molar-refractivity contribution in [3.05, 3.63) is 70.8 Å². The first-order valence-electron chi connectivity index (χ1n) is 10.1. The summed E-state index contributed by atoms with van der Waals surface area (Å²) >= 11 is 0. The van der Waals surface area contributed by atoms with E-state index in [0.717, 1.165) is 5.56 Å². The monoisotopic (exact) mass is 437 g/mol. The van der Waals surface area contributed by atoms with E-state index < -0.39 is 5.97 Å². The highest BCUT2D eigenvalue weighted by atomic mass is 16.5. The van der Waals surface area contributed by atoms with Gasteiger partial charge < -0.3 is 20.1 Å². The van der Waals surface area contributed by atoms with Crippen LogP contribution in [0.15, 0.2) is 54.1 Å². The molecule has 0 unspecified atom stereocenters. The zero-order chi connectivity index (χ0) is 23.7. The van der Waals surface area contributed by atoms with Crippen molar-refractivity contribution in [3.8, 4) is 5.75 Å². The number of nitrogens with two attached hydrogens (primary N) is 1. The van der Waals surface area contributed by atoms with Gasteiger partial charge >= 0.3 is 11.9 Å². The van der Waals surface area contributed by atoms with Crippen molar-refractivity contribution in [1.29, 1.82) is 5.41 Å². The summed E-state index contributed by atoms with van der Waals surface area (Å²) in [5, 5.41) is 7.38. The minimum absolute atomic E-state index is 0.0644. The topological polar surface area (TPSA) is 123 Å². The first-order chi connectivity index (χ1) is 15.2. The van der Waals surface area contributed by atoms with Crippen LogP contribution in [0.25, 0.3) is 6.08 Å². The first kappa shape index (κ1) is 24.3. The maximum absolute atomic E-state index is 12.5. The second-order valence-electron chi connectivity index (χ2n) is 7.06. The van der Waals surface area contributed by atoms with Crippen molar-refractivity contribution in [2.45, 2.75) is 20.3 Å². The molecule has 0 atom stereocenters. The number of hydrogen-bond acceptors (Lipinski definition) is 6. The normalized spacial score (nSPS) is 10.9. The SMILES string of the molecule is CCOC(=O)CCN(C)C(=O)/C(C)=C/c1ccc(C(=O)Oc2ccc(C(=N)N)cc2)cc1. The maximum Gasteiger partial charge on any atom is 0.343 e. The highest BCUT2D eigenvalue weighted by molar-refractivity contribution is 5.97. The van der Waals surface area contributed by atoms with E-state index in [2.05, 4.69) is 0 Å². The maximum atomic E-state index is 12.5. The van der Waals surface area contributed by atoms with Crippen LogP contribution in [0, 0.1) is 5.41 Å². The van der Waals surface area contributed by atoms with Gasteiger partial charge in [0.2, 0.25) is 5.91 Å². The van der Waals surface area contributed by atoms with Gasteiger partial charge in [0.15, 0.2) is 0 Å². The molecule has 0 aliphatic heterocycles. The number of nitrogens with one attached hydrogen (secondary N) is 1. The molecule has 168 valence electrons. The molecule has 8 heteroatoms. The molecular weight excluding hydrogens is 410 g/mol. The summed E-state index contributed by atoms with van der Waals surface area (Å²) < 4.78 is 10.2. The van der Waals surface area contributed by atoms with Crippen LogP contribution in [0.1, 0.15) is 41.8 Å². The number of amidine groups is 1. The molecule has 2 aromatic rings. The number of benzene rings is 2. The average Bonchev–Trinajstić information content (AvgIpc) is 2.77. The molecule has 0 fully saturated rings. The van der Waals surface area contributed by atoms with E-state index in [9.17, 15) is 14.4 Å².